The summed E-state index contributed by atoms with van der Waals surface area (Å²) in [6.45, 7) is 2.94. The molecule has 0 radical (unpaired) electrons. The van der Waals surface area contributed by atoms with Gasteiger partial charge in [-0.3, -0.25) is 4.98 Å². The summed E-state index contributed by atoms with van der Waals surface area (Å²) in [7, 11) is 0. The van der Waals surface area contributed by atoms with Crippen LogP contribution in [-0.4, -0.2) is 17.6 Å². The molecule has 1 aromatic heterocycles. The van der Waals surface area contributed by atoms with Gasteiger partial charge in [-0.1, -0.05) is 6.92 Å². The van der Waals surface area contributed by atoms with Crippen LogP contribution in [-0.2, 0) is 12.8 Å². The van der Waals surface area contributed by atoms with Crippen LogP contribution in [0.3, 0.4) is 0 Å². The quantitative estimate of drug-likeness (QED) is 0.844. The third-order valence-corrected chi connectivity index (χ3v) is 3.39. The van der Waals surface area contributed by atoms with Gasteiger partial charge in [-0.05, 0) is 67.3 Å². The van der Waals surface area contributed by atoms with Crippen molar-refractivity contribution in [3.05, 3.63) is 65.5 Å². The maximum Gasteiger partial charge on any atom is 0.126 e. The van der Waals surface area contributed by atoms with Gasteiger partial charge in [0.2, 0.25) is 0 Å². The van der Waals surface area contributed by atoms with E-state index in [2.05, 4.69) is 17.2 Å². The Bertz CT molecular complexity index is 558. The summed E-state index contributed by atoms with van der Waals surface area (Å²) in [5.41, 5.74) is 1.55. The van der Waals surface area contributed by atoms with Crippen LogP contribution in [0.2, 0.25) is 0 Å². The Balaban J connectivity index is 2.10. The van der Waals surface area contributed by atoms with Crippen LogP contribution in [0.5, 0.6) is 0 Å². The van der Waals surface area contributed by atoms with Crippen molar-refractivity contribution in [2.45, 2.75) is 32.2 Å². The molecule has 0 saturated heterocycles. The van der Waals surface area contributed by atoms with Gasteiger partial charge in [-0.2, -0.15) is 0 Å². The summed E-state index contributed by atoms with van der Waals surface area (Å²) < 4.78 is 27.1. The zero-order valence-electron chi connectivity index (χ0n) is 12.2. The fourth-order valence-corrected chi connectivity index (χ4v) is 2.33. The molecule has 0 amide bonds. The van der Waals surface area contributed by atoms with E-state index in [1.165, 1.54) is 12.1 Å². The number of hydrogen-bond acceptors (Lipinski definition) is 2. The monoisotopic (exact) mass is 290 g/mol. The predicted molar refractivity (Wildman–Crippen MR) is 80.1 cm³/mol. The lowest BCUT2D eigenvalue weighted by Crippen LogP contribution is -2.34. The first-order valence-electron chi connectivity index (χ1n) is 7.25. The van der Waals surface area contributed by atoms with Gasteiger partial charge in [0, 0.05) is 18.4 Å². The van der Waals surface area contributed by atoms with E-state index in [4.69, 9.17) is 0 Å². The SMILES string of the molecule is CCCNC(Cc1ccncc1)Cc1cc(F)ccc1F. The molecule has 0 aliphatic carbocycles. The lowest BCUT2D eigenvalue weighted by atomic mass is 9.99. The molecule has 2 aromatic rings. The second-order valence-electron chi connectivity index (χ2n) is 5.15. The van der Waals surface area contributed by atoms with Crippen molar-refractivity contribution >= 4 is 0 Å². The number of rotatable bonds is 7. The van der Waals surface area contributed by atoms with Gasteiger partial charge in [-0.25, -0.2) is 8.78 Å². The fourth-order valence-electron chi connectivity index (χ4n) is 2.33. The molecule has 1 heterocycles. The van der Waals surface area contributed by atoms with E-state index in [9.17, 15) is 8.78 Å². The second-order valence-corrected chi connectivity index (χ2v) is 5.15. The summed E-state index contributed by atoms with van der Waals surface area (Å²) >= 11 is 0. The van der Waals surface area contributed by atoms with Crippen molar-refractivity contribution in [3.63, 3.8) is 0 Å². The zero-order valence-corrected chi connectivity index (χ0v) is 12.2. The van der Waals surface area contributed by atoms with Crippen molar-refractivity contribution in [1.29, 1.82) is 0 Å². The number of pyridine rings is 1. The molecule has 1 N–H and O–H groups in total. The molecule has 0 bridgehead atoms. The van der Waals surface area contributed by atoms with Crippen molar-refractivity contribution in [2.75, 3.05) is 6.54 Å². The first-order chi connectivity index (χ1) is 10.2. The minimum Gasteiger partial charge on any atom is -0.313 e. The highest BCUT2D eigenvalue weighted by atomic mass is 19.1. The summed E-state index contributed by atoms with van der Waals surface area (Å²) in [5, 5.41) is 3.40. The third kappa shape index (κ3) is 4.90. The topological polar surface area (TPSA) is 24.9 Å². The first kappa shape index (κ1) is 15.6. The maximum absolute atomic E-state index is 13.8. The largest absolute Gasteiger partial charge is 0.313 e. The highest BCUT2D eigenvalue weighted by molar-refractivity contribution is 5.21. The summed E-state index contributed by atoms with van der Waals surface area (Å²) in [4.78, 5) is 3.99. The molecular weight excluding hydrogens is 270 g/mol. The lowest BCUT2D eigenvalue weighted by Gasteiger charge is -2.19. The minimum atomic E-state index is -0.399. The molecule has 0 fully saturated rings. The fraction of sp³-hybridized carbons (Fsp3) is 0.353. The molecule has 0 aliphatic heterocycles. The molecule has 2 nitrogen and oxygen atoms in total. The Morgan fingerprint density at radius 3 is 2.57 bits per heavy atom. The van der Waals surface area contributed by atoms with Crippen LogP contribution >= 0.6 is 0 Å². The molecule has 0 aliphatic rings. The van der Waals surface area contributed by atoms with Crippen molar-refractivity contribution in [1.82, 2.24) is 10.3 Å². The summed E-state index contributed by atoms with van der Waals surface area (Å²) in [6, 6.07) is 7.58. The number of aromatic nitrogens is 1. The molecule has 1 unspecified atom stereocenters. The van der Waals surface area contributed by atoms with Gasteiger partial charge in [0.15, 0.2) is 0 Å². The third-order valence-electron chi connectivity index (χ3n) is 3.39. The Kier molecular flexibility index (Phi) is 5.81. The molecular formula is C17H20F2N2. The Hall–Kier alpha value is -1.81. The Morgan fingerprint density at radius 2 is 1.86 bits per heavy atom. The van der Waals surface area contributed by atoms with Crippen LogP contribution in [0.25, 0.3) is 0 Å². The van der Waals surface area contributed by atoms with E-state index >= 15 is 0 Å². The summed E-state index contributed by atoms with van der Waals surface area (Å²) in [5.74, 6) is -0.751. The molecule has 112 valence electrons. The van der Waals surface area contributed by atoms with Gasteiger partial charge in [0.1, 0.15) is 11.6 Å². The Labute approximate surface area is 124 Å². The number of nitrogens with one attached hydrogen (secondary N) is 1. The van der Waals surface area contributed by atoms with Gasteiger partial charge >= 0.3 is 0 Å². The number of hydrogen-bond donors (Lipinski definition) is 1. The molecule has 0 saturated carbocycles. The normalized spacial score (nSPS) is 12.3. The van der Waals surface area contributed by atoms with Gasteiger partial charge in [0.25, 0.3) is 0 Å². The van der Waals surface area contributed by atoms with Crippen molar-refractivity contribution < 1.29 is 8.78 Å². The standard InChI is InChI=1S/C17H20F2N2/c1-2-7-21-16(10-13-5-8-20-9-6-13)12-14-11-15(18)3-4-17(14)19/h3-6,8-9,11,16,21H,2,7,10,12H2,1H3. The average Bonchev–Trinajstić information content (AvgIpc) is 2.49. The summed E-state index contributed by atoms with van der Waals surface area (Å²) in [6.07, 6.45) is 5.72. The van der Waals surface area contributed by atoms with Crippen LogP contribution in [0.4, 0.5) is 8.78 Å². The number of benzene rings is 1. The smallest absolute Gasteiger partial charge is 0.126 e. The highest BCUT2D eigenvalue weighted by Crippen LogP contribution is 2.14. The van der Waals surface area contributed by atoms with Crippen molar-refractivity contribution in [3.8, 4) is 0 Å². The predicted octanol–water partition coefficient (Wildman–Crippen LogP) is 3.51. The van der Waals surface area contributed by atoms with Crippen LogP contribution in [0, 0.1) is 11.6 Å². The number of nitrogens with zero attached hydrogens (tertiary/aromatic N) is 1. The van der Waals surface area contributed by atoms with Crippen LogP contribution < -0.4 is 5.32 Å². The van der Waals surface area contributed by atoms with E-state index in [0.29, 0.717) is 12.0 Å². The van der Waals surface area contributed by atoms with Gasteiger partial charge < -0.3 is 5.32 Å². The molecule has 4 heteroatoms. The molecule has 21 heavy (non-hydrogen) atoms. The second kappa shape index (κ2) is 7.84. The van der Waals surface area contributed by atoms with Gasteiger partial charge in [-0.15, -0.1) is 0 Å². The van der Waals surface area contributed by atoms with E-state index < -0.39 is 5.82 Å². The van der Waals surface area contributed by atoms with Crippen LogP contribution in [0.15, 0.2) is 42.7 Å². The molecule has 1 atom stereocenters. The first-order valence-corrected chi connectivity index (χ1v) is 7.25. The molecule has 0 spiro atoms. The maximum atomic E-state index is 13.8. The van der Waals surface area contributed by atoms with Gasteiger partial charge in [0.05, 0.1) is 0 Å². The zero-order chi connectivity index (χ0) is 15.1. The van der Waals surface area contributed by atoms with Crippen LogP contribution in [0.1, 0.15) is 24.5 Å². The molecule has 2 rings (SSSR count). The Morgan fingerprint density at radius 1 is 1.10 bits per heavy atom. The number of halogens is 2. The van der Waals surface area contributed by atoms with Crippen molar-refractivity contribution in [2.24, 2.45) is 0 Å². The lowest BCUT2D eigenvalue weighted by molar-refractivity contribution is 0.489. The molecule has 1 aromatic carbocycles. The van der Waals surface area contributed by atoms with E-state index in [-0.39, 0.29) is 11.9 Å². The van der Waals surface area contributed by atoms with E-state index in [0.717, 1.165) is 31.0 Å². The van der Waals surface area contributed by atoms with E-state index in [1.807, 2.05) is 12.1 Å². The van der Waals surface area contributed by atoms with E-state index in [1.54, 1.807) is 12.4 Å². The highest BCUT2D eigenvalue weighted by Gasteiger charge is 2.13. The minimum absolute atomic E-state index is 0.0728. The average molecular weight is 290 g/mol.